The van der Waals surface area contributed by atoms with Crippen LogP contribution < -0.4 is 10.6 Å². The van der Waals surface area contributed by atoms with Gasteiger partial charge in [0.2, 0.25) is 17.7 Å². The third-order valence-corrected chi connectivity index (χ3v) is 9.16. The molecule has 0 aliphatic carbocycles. The number of hydrogen-bond donors (Lipinski definition) is 3. The first-order valence-electron chi connectivity index (χ1n) is 22.2. The van der Waals surface area contributed by atoms with Crippen molar-refractivity contribution < 1.29 is 95.5 Å². The molecular formula is C42H72N4O20. The highest BCUT2D eigenvalue weighted by Crippen LogP contribution is 2.26. The predicted molar refractivity (Wildman–Crippen MR) is 230 cm³/mol. The first-order valence-corrected chi connectivity index (χ1v) is 22.2. The van der Waals surface area contributed by atoms with E-state index >= 15 is 0 Å². The Morgan fingerprint density at radius 3 is 1.29 bits per heavy atom. The van der Waals surface area contributed by atoms with E-state index in [-0.39, 0.29) is 71.1 Å². The number of carboxylic acid groups (broad SMARTS) is 1. The summed E-state index contributed by atoms with van der Waals surface area (Å²) in [4.78, 5) is 74.2. The number of carbonyl (C=O) groups excluding carboxylic acids is 5. The zero-order valence-corrected chi connectivity index (χ0v) is 38.4. The summed E-state index contributed by atoms with van der Waals surface area (Å²) in [7, 11) is 1.63. The van der Waals surface area contributed by atoms with Gasteiger partial charge in [0.25, 0.3) is 11.8 Å². The van der Waals surface area contributed by atoms with E-state index in [2.05, 4.69) is 10.6 Å². The summed E-state index contributed by atoms with van der Waals surface area (Å²) in [5.41, 5.74) is -1.07. The van der Waals surface area contributed by atoms with Crippen LogP contribution in [0.15, 0.2) is 12.2 Å². The second-order valence-electron chi connectivity index (χ2n) is 14.4. The number of amides is 5. The van der Waals surface area contributed by atoms with Crippen LogP contribution in [0.3, 0.4) is 0 Å². The minimum absolute atomic E-state index is 0.0456. The summed E-state index contributed by atoms with van der Waals surface area (Å²) in [6, 6.07) is 0. The van der Waals surface area contributed by atoms with Gasteiger partial charge in [-0.15, -0.1) is 0 Å². The number of hydrogen-bond acceptors (Lipinski definition) is 19. The van der Waals surface area contributed by atoms with Crippen molar-refractivity contribution in [1.82, 2.24) is 20.4 Å². The molecule has 2 aliphatic heterocycles. The smallest absolute Gasteiger partial charge is 0.305 e. The van der Waals surface area contributed by atoms with Crippen LogP contribution in [0.25, 0.3) is 0 Å². The molecule has 0 atom stereocenters. The fourth-order valence-electron chi connectivity index (χ4n) is 5.63. The molecule has 2 heterocycles. The molecule has 0 aromatic carbocycles. The Bertz CT molecular complexity index is 1350. The van der Waals surface area contributed by atoms with Crippen molar-refractivity contribution in [2.24, 2.45) is 0 Å². The third-order valence-electron chi connectivity index (χ3n) is 9.16. The lowest BCUT2D eigenvalue weighted by atomic mass is 9.93. The van der Waals surface area contributed by atoms with Crippen molar-refractivity contribution >= 4 is 35.5 Å². The summed E-state index contributed by atoms with van der Waals surface area (Å²) in [6.45, 7) is 9.65. The molecule has 2 rings (SSSR count). The van der Waals surface area contributed by atoms with Crippen molar-refractivity contribution in [2.75, 3.05) is 198 Å². The number of ether oxygens (including phenoxy) is 13. The number of rotatable bonds is 47. The summed E-state index contributed by atoms with van der Waals surface area (Å²) in [5.74, 6) is -3.30. The summed E-state index contributed by atoms with van der Waals surface area (Å²) < 4.78 is 70.8. The molecule has 0 aromatic rings. The number of nitrogens with one attached hydrogen (secondary N) is 2. The van der Waals surface area contributed by atoms with Gasteiger partial charge in [0.1, 0.15) is 12.2 Å². The van der Waals surface area contributed by atoms with Crippen molar-refractivity contribution in [1.29, 1.82) is 0 Å². The topological polar surface area (TPSA) is 273 Å². The number of carbonyl (C=O) groups is 6. The Balaban J connectivity index is 1.35. The standard InChI is InChI=1S/C42H72N4O20/c1-54-10-11-56-14-15-58-18-19-60-22-23-62-26-27-64-30-31-65-29-28-63-25-24-61-21-20-59-17-16-57-13-12-55-9-6-38(49)45-34-42(35-45,66-32-37(48)43-7-4-41(52)53)33-44-36(47)5-8-46-39(50)2-3-40(46)51/h2-3H,4-35H2,1H3,(H,43,48)(H,44,47)(H,52,53). The van der Waals surface area contributed by atoms with Gasteiger partial charge in [0, 0.05) is 38.8 Å². The van der Waals surface area contributed by atoms with Gasteiger partial charge in [0.05, 0.1) is 184 Å². The van der Waals surface area contributed by atoms with E-state index in [4.69, 9.17) is 66.7 Å². The summed E-state index contributed by atoms with van der Waals surface area (Å²) in [5, 5.41) is 13.9. The normalized spacial score (nSPS) is 14.3. The van der Waals surface area contributed by atoms with E-state index in [0.29, 0.717) is 139 Å². The highest BCUT2D eigenvalue weighted by atomic mass is 16.6. The molecule has 0 aromatic heterocycles. The molecule has 0 spiro atoms. The van der Waals surface area contributed by atoms with E-state index in [9.17, 15) is 28.8 Å². The highest BCUT2D eigenvalue weighted by Gasteiger charge is 2.46. The van der Waals surface area contributed by atoms with Gasteiger partial charge in [-0.25, -0.2) is 0 Å². The molecule has 380 valence electrons. The quantitative estimate of drug-likeness (QED) is 0.0432. The van der Waals surface area contributed by atoms with Crippen LogP contribution in [-0.2, 0) is 90.3 Å². The monoisotopic (exact) mass is 952 g/mol. The molecule has 0 saturated carbocycles. The Morgan fingerprint density at radius 2 is 0.909 bits per heavy atom. The van der Waals surface area contributed by atoms with Crippen LogP contribution in [0, 0.1) is 0 Å². The van der Waals surface area contributed by atoms with Crippen LogP contribution in [0.4, 0.5) is 0 Å². The lowest BCUT2D eigenvalue weighted by molar-refractivity contribution is -0.172. The van der Waals surface area contributed by atoms with Crippen LogP contribution in [-0.4, -0.2) is 254 Å². The van der Waals surface area contributed by atoms with Gasteiger partial charge >= 0.3 is 5.97 Å². The number of imide groups is 1. The molecule has 5 amide bonds. The molecule has 1 fully saturated rings. The Hall–Kier alpha value is -3.76. The zero-order valence-electron chi connectivity index (χ0n) is 38.4. The Morgan fingerprint density at radius 1 is 0.530 bits per heavy atom. The van der Waals surface area contributed by atoms with E-state index < -0.39 is 41.8 Å². The van der Waals surface area contributed by atoms with Gasteiger partial charge in [-0.3, -0.25) is 33.7 Å². The summed E-state index contributed by atoms with van der Waals surface area (Å²) >= 11 is 0. The molecule has 1 saturated heterocycles. The van der Waals surface area contributed by atoms with Gasteiger partial charge in [-0.2, -0.15) is 0 Å². The zero-order chi connectivity index (χ0) is 47.8. The molecule has 3 N–H and O–H groups in total. The minimum Gasteiger partial charge on any atom is -0.481 e. The second-order valence-corrected chi connectivity index (χ2v) is 14.4. The molecule has 24 heteroatoms. The minimum atomic E-state index is -1.07. The van der Waals surface area contributed by atoms with E-state index in [1.54, 1.807) is 7.11 Å². The first kappa shape index (κ1) is 58.4. The number of carboxylic acids is 1. The van der Waals surface area contributed by atoms with Crippen molar-refractivity contribution in [3.8, 4) is 0 Å². The average Bonchev–Trinajstić information content (AvgIpc) is 3.61. The number of aliphatic carboxylic acids is 1. The second kappa shape index (κ2) is 39.3. The van der Waals surface area contributed by atoms with Gasteiger partial charge in [0.15, 0.2) is 0 Å². The lowest BCUT2D eigenvalue weighted by Gasteiger charge is -2.49. The van der Waals surface area contributed by atoms with Crippen LogP contribution in [0.2, 0.25) is 0 Å². The van der Waals surface area contributed by atoms with Crippen molar-refractivity contribution in [2.45, 2.75) is 24.9 Å². The fraction of sp³-hybridized carbons (Fsp3) is 0.810. The number of nitrogens with zero attached hydrogens (tertiary/aromatic N) is 2. The van der Waals surface area contributed by atoms with Gasteiger partial charge in [-0.1, -0.05) is 0 Å². The molecular weight excluding hydrogens is 880 g/mol. The average molecular weight is 953 g/mol. The van der Waals surface area contributed by atoms with Gasteiger partial charge < -0.3 is 82.2 Å². The molecule has 0 unspecified atom stereocenters. The Kier molecular flexibility index (Phi) is 34.7. The largest absolute Gasteiger partial charge is 0.481 e. The predicted octanol–water partition coefficient (Wildman–Crippen LogP) is -2.17. The maximum atomic E-state index is 12.8. The van der Waals surface area contributed by atoms with Crippen LogP contribution in [0.5, 0.6) is 0 Å². The Labute approximate surface area is 386 Å². The first-order chi connectivity index (χ1) is 32.2. The van der Waals surface area contributed by atoms with Gasteiger partial charge in [-0.05, 0) is 0 Å². The maximum Gasteiger partial charge on any atom is 0.305 e. The molecule has 2 aliphatic rings. The van der Waals surface area contributed by atoms with E-state index in [0.717, 1.165) is 17.1 Å². The lowest BCUT2D eigenvalue weighted by Crippen LogP contribution is -2.69. The third kappa shape index (κ3) is 30.5. The van der Waals surface area contributed by atoms with E-state index in [1.807, 2.05) is 0 Å². The van der Waals surface area contributed by atoms with Crippen molar-refractivity contribution in [3.63, 3.8) is 0 Å². The van der Waals surface area contributed by atoms with E-state index in [1.165, 1.54) is 4.90 Å². The number of likely N-dealkylation sites (tertiary alicyclic amines) is 1. The summed E-state index contributed by atoms with van der Waals surface area (Å²) in [6.07, 6.45) is 1.94. The van der Waals surface area contributed by atoms with Crippen LogP contribution >= 0.6 is 0 Å². The fourth-order valence-corrected chi connectivity index (χ4v) is 5.63. The molecule has 24 nitrogen and oxygen atoms in total. The maximum absolute atomic E-state index is 12.8. The molecule has 66 heavy (non-hydrogen) atoms. The molecule has 0 bridgehead atoms. The number of methoxy groups -OCH3 is 1. The van der Waals surface area contributed by atoms with Crippen LogP contribution in [0.1, 0.15) is 19.3 Å². The highest BCUT2D eigenvalue weighted by molar-refractivity contribution is 6.13. The SMILES string of the molecule is COCCOCCOCCOCCOCCOCCOCCOCCOCCOCCOCCOCCC(=O)N1CC(CNC(=O)CCN2C(=O)C=CC2=O)(OCC(=O)NCCC(=O)O)C1. The van der Waals surface area contributed by atoms with Crippen molar-refractivity contribution in [3.05, 3.63) is 12.2 Å². The molecule has 0 radical (unpaired) electrons.